The number of rotatable bonds is 4. The lowest BCUT2D eigenvalue weighted by Gasteiger charge is -2.38. The van der Waals surface area contributed by atoms with E-state index in [0.717, 1.165) is 24.0 Å². The van der Waals surface area contributed by atoms with Crippen LogP contribution >= 0.6 is 11.3 Å². The monoisotopic (exact) mass is 449 g/mol. The summed E-state index contributed by atoms with van der Waals surface area (Å²) in [5.74, 6) is 0.492. The van der Waals surface area contributed by atoms with Gasteiger partial charge in [0.2, 0.25) is 5.91 Å². The maximum Gasteiger partial charge on any atom is 0.251 e. The lowest BCUT2D eigenvalue weighted by Crippen LogP contribution is -2.44. The molecule has 2 aliphatic rings. The first-order chi connectivity index (χ1) is 15.6. The van der Waals surface area contributed by atoms with Crippen LogP contribution in [0.15, 0.2) is 53.9 Å². The third kappa shape index (κ3) is 4.05. The second kappa shape index (κ2) is 8.82. The average Bonchev–Trinajstić information content (AvgIpc) is 3.28. The minimum absolute atomic E-state index is 0.00230. The van der Waals surface area contributed by atoms with E-state index in [1.165, 1.54) is 17.4 Å². The van der Waals surface area contributed by atoms with Crippen LogP contribution in [0.5, 0.6) is 0 Å². The Bertz CT molecular complexity index is 1150. The highest BCUT2D eigenvalue weighted by atomic mass is 32.1. The van der Waals surface area contributed by atoms with Crippen LogP contribution in [0, 0.1) is 11.7 Å². The van der Waals surface area contributed by atoms with E-state index < -0.39 is 0 Å². The van der Waals surface area contributed by atoms with Crippen molar-refractivity contribution < 1.29 is 14.0 Å². The van der Waals surface area contributed by atoms with Crippen molar-refractivity contribution >= 4 is 23.2 Å². The highest BCUT2D eigenvalue weighted by molar-refractivity contribution is 7.13. The summed E-state index contributed by atoms with van der Waals surface area (Å²) in [6.45, 7) is 2.08. The van der Waals surface area contributed by atoms with Gasteiger partial charge in [0.25, 0.3) is 5.91 Å². The molecule has 0 radical (unpaired) electrons. The molecule has 3 heterocycles. The van der Waals surface area contributed by atoms with Crippen molar-refractivity contribution in [3.05, 3.63) is 76.5 Å². The third-order valence-corrected chi connectivity index (χ3v) is 7.46. The number of carbonyl (C=O) groups is 2. The summed E-state index contributed by atoms with van der Waals surface area (Å²) >= 11 is 1.36. The van der Waals surface area contributed by atoms with Gasteiger partial charge in [-0.25, -0.2) is 9.37 Å². The molecule has 0 aliphatic carbocycles. The first-order valence-corrected chi connectivity index (χ1v) is 11.8. The smallest absolute Gasteiger partial charge is 0.251 e. The summed E-state index contributed by atoms with van der Waals surface area (Å²) in [5.41, 5.74) is 3.06. The molecule has 0 saturated carbocycles. The Labute approximate surface area is 190 Å². The first-order valence-electron chi connectivity index (χ1n) is 10.9. The number of nitrogens with one attached hydrogen (secondary N) is 1. The topological polar surface area (TPSA) is 62.3 Å². The van der Waals surface area contributed by atoms with Crippen LogP contribution in [0.3, 0.4) is 0 Å². The Hall–Kier alpha value is -3.06. The molecule has 1 N–H and O–H groups in total. The first kappa shape index (κ1) is 20.8. The molecule has 32 heavy (non-hydrogen) atoms. The van der Waals surface area contributed by atoms with E-state index in [-0.39, 0.29) is 24.1 Å². The molecular formula is C25H24FN3O2S. The van der Waals surface area contributed by atoms with Crippen LogP contribution in [0.2, 0.25) is 0 Å². The molecule has 0 spiro atoms. The highest BCUT2D eigenvalue weighted by Gasteiger charge is 2.34. The summed E-state index contributed by atoms with van der Waals surface area (Å²) in [7, 11) is 0. The third-order valence-electron chi connectivity index (χ3n) is 6.54. The molecule has 1 fully saturated rings. The van der Waals surface area contributed by atoms with Crippen molar-refractivity contribution in [3.8, 4) is 10.6 Å². The summed E-state index contributed by atoms with van der Waals surface area (Å²) in [5, 5.41) is 5.46. The molecule has 2 amide bonds. The Kier molecular flexibility index (Phi) is 5.74. The molecule has 1 atom stereocenters. The van der Waals surface area contributed by atoms with E-state index in [4.69, 9.17) is 0 Å². The minimum Gasteiger partial charge on any atom is -0.351 e. The molecule has 1 aromatic heterocycles. The predicted octanol–water partition coefficient (Wildman–Crippen LogP) is 4.26. The fourth-order valence-electron chi connectivity index (χ4n) is 4.82. The minimum atomic E-state index is -0.303. The fourth-order valence-corrected chi connectivity index (χ4v) is 5.67. The number of hydrogen-bond donors (Lipinski definition) is 1. The molecule has 5 rings (SSSR count). The lowest BCUT2D eigenvalue weighted by atomic mass is 9.76. The molecule has 2 aromatic carbocycles. The zero-order chi connectivity index (χ0) is 22.1. The Morgan fingerprint density at radius 2 is 1.81 bits per heavy atom. The number of fused-ring (bicyclic) bond motifs is 1. The summed E-state index contributed by atoms with van der Waals surface area (Å²) in [6.07, 6.45) is 2.06. The number of halogens is 1. The molecule has 3 aromatic rings. The number of aromatic nitrogens is 1. The highest BCUT2D eigenvalue weighted by Crippen LogP contribution is 2.36. The molecule has 7 heteroatoms. The molecular weight excluding hydrogens is 425 g/mol. The number of hydrogen-bond acceptors (Lipinski definition) is 4. The van der Waals surface area contributed by atoms with Gasteiger partial charge in [0, 0.05) is 42.1 Å². The lowest BCUT2D eigenvalue weighted by molar-refractivity contribution is -0.132. The van der Waals surface area contributed by atoms with Crippen LogP contribution < -0.4 is 5.32 Å². The Morgan fingerprint density at radius 3 is 2.59 bits per heavy atom. The van der Waals surface area contributed by atoms with Crippen LogP contribution in [0.1, 0.15) is 40.4 Å². The van der Waals surface area contributed by atoms with Gasteiger partial charge < -0.3 is 10.2 Å². The van der Waals surface area contributed by atoms with Gasteiger partial charge in [-0.05, 0) is 42.5 Å². The van der Waals surface area contributed by atoms with E-state index in [2.05, 4.69) is 16.4 Å². The number of likely N-dealkylation sites (tertiary alicyclic amines) is 1. The normalized spacial score (nSPS) is 18.8. The average molecular weight is 450 g/mol. The van der Waals surface area contributed by atoms with E-state index >= 15 is 0 Å². The van der Waals surface area contributed by atoms with E-state index in [1.54, 1.807) is 18.2 Å². The largest absolute Gasteiger partial charge is 0.351 e. The van der Waals surface area contributed by atoms with Gasteiger partial charge in [-0.15, -0.1) is 11.3 Å². The van der Waals surface area contributed by atoms with E-state index in [1.807, 2.05) is 28.5 Å². The fraction of sp³-hybridized carbons (Fsp3) is 0.320. The standard InChI is InChI=1S/C25H24FN3O2S/c26-22-8-4-3-7-20(22)25-28-17(15-32-25)13-23(30)29-11-9-16(10-12-29)21-14-27-24(31)19-6-2-1-5-18(19)21/h1-8,15-16,21H,9-14H2,(H,27,31)/t21-/m0/s1. The number of carbonyl (C=O) groups excluding carboxylic acids is 2. The van der Waals surface area contributed by atoms with Crippen molar-refractivity contribution in [2.24, 2.45) is 5.92 Å². The second-order valence-electron chi connectivity index (χ2n) is 8.42. The number of amides is 2. The summed E-state index contributed by atoms with van der Waals surface area (Å²) in [6, 6.07) is 14.4. The summed E-state index contributed by atoms with van der Waals surface area (Å²) < 4.78 is 14.0. The molecule has 1 saturated heterocycles. The van der Waals surface area contributed by atoms with Gasteiger partial charge in [0.15, 0.2) is 0 Å². The molecule has 5 nitrogen and oxygen atoms in total. The van der Waals surface area contributed by atoms with Crippen molar-refractivity contribution in [2.45, 2.75) is 25.2 Å². The summed E-state index contributed by atoms with van der Waals surface area (Å²) in [4.78, 5) is 31.4. The number of thiazole rings is 1. The number of piperidine rings is 1. The van der Waals surface area contributed by atoms with Crippen LogP contribution in [0.25, 0.3) is 10.6 Å². The molecule has 164 valence electrons. The van der Waals surface area contributed by atoms with E-state index in [9.17, 15) is 14.0 Å². The predicted molar refractivity (Wildman–Crippen MR) is 122 cm³/mol. The number of nitrogens with zero attached hydrogens (tertiary/aromatic N) is 2. The maximum absolute atomic E-state index is 14.0. The van der Waals surface area contributed by atoms with Gasteiger partial charge >= 0.3 is 0 Å². The van der Waals surface area contributed by atoms with Gasteiger partial charge in [0.05, 0.1) is 12.1 Å². The van der Waals surface area contributed by atoms with Gasteiger partial charge in [0.1, 0.15) is 10.8 Å². The van der Waals surface area contributed by atoms with Crippen LogP contribution in [-0.2, 0) is 11.2 Å². The molecule has 0 bridgehead atoms. The molecule has 0 unspecified atom stereocenters. The maximum atomic E-state index is 14.0. The SMILES string of the molecule is O=C1NC[C@@H](C2CCN(C(=O)Cc3csc(-c4ccccc4F)n3)CC2)c2ccccc21. The van der Waals surface area contributed by atoms with E-state index in [0.29, 0.717) is 47.7 Å². The van der Waals surface area contributed by atoms with Crippen molar-refractivity contribution in [1.29, 1.82) is 0 Å². The van der Waals surface area contributed by atoms with Crippen molar-refractivity contribution in [2.75, 3.05) is 19.6 Å². The van der Waals surface area contributed by atoms with Gasteiger partial charge in [-0.1, -0.05) is 30.3 Å². The molecule has 2 aliphatic heterocycles. The quantitative estimate of drug-likeness (QED) is 0.648. The van der Waals surface area contributed by atoms with Crippen LogP contribution in [0.4, 0.5) is 4.39 Å². The van der Waals surface area contributed by atoms with Crippen molar-refractivity contribution in [1.82, 2.24) is 15.2 Å². The van der Waals surface area contributed by atoms with Gasteiger partial charge in [-0.3, -0.25) is 9.59 Å². The van der Waals surface area contributed by atoms with Gasteiger partial charge in [-0.2, -0.15) is 0 Å². The van der Waals surface area contributed by atoms with Crippen molar-refractivity contribution in [3.63, 3.8) is 0 Å². The zero-order valence-electron chi connectivity index (χ0n) is 17.6. The number of benzene rings is 2. The Morgan fingerprint density at radius 1 is 1.09 bits per heavy atom. The van der Waals surface area contributed by atoms with Crippen LogP contribution in [-0.4, -0.2) is 41.3 Å². The zero-order valence-corrected chi connectivity index (χ0v) is 18.4. The Balaban J connectivity index is 1.20. The second-order valence-corrected chi connectivity index (χ2v) is 9.28.